The molecule has 3 unspecified atom stereocenters. The molecule has 1 amide bonds. The lowest BCUT2D eigenvalue weighted by atomic mass is 9.89. The van der Waals surface area contributed by atoms with E-state index in [0.29, 0.717) is 18.4 Å². The van der Waals surface area contributed by atoms with Gasteiger partial charge >= 0.3 is 5.97 Å². The summed E-state index contributed by atoms with van der Waals surface area (Å²) in [6, 6.07) is 3.10. The molecule has 1 aromatic rings. The molecule has 2 bridgehead atoms. The quantitative estimate of drug-likeness (QED) is 0.927. The molecular formula is C15H15F2NO3. The van der Waals surface area contributed by atoms with Gasteiger partial charge in [-0.15, -0.1) is 0 Å². The van der Waals surface area contributed by atoms with E-state index in [1.165, 1.54) is 6.07 Å². The molecule has 1 aromatic carbocycles. The molecule has 21 heavy (non-hydrogen) atoms. The minimum absolute atomic E-state index is 0.0312. The summed E-state index contributed by atoms with van der Waals surface area (Å²) < 4.78 is 26.0. The van der Waals surface area contributed by atoms with Crippen molar-refractivity contribution in [2.75, 3.05) is 0 Å². The maximum atomic E-state index is 13.2. The lowest BCUT2D eigenvalue weighted by Gasteiger charge is -2.23. The van der Waals surface area contributed by atoms with Gasteiger partial charge < -0.3 is 10.0 Å². The number of carbonyl (C=O) groups excluding carboxylic acids is 1. The van der Waals surface area contributed by atoms with E-state index < -0.39 is 23.5 Å². The van der Waals surface area contributed by atoms with Crippen LogP contribution in [0.25, 0.3) is 0 Å². The molecule has 2 heterocycles. The van der Waals surface area contributed by atoms with Gasteiger partial charge in [-0.2, -0.15) is 0 Å². The van der Waals surface area contributed by atoms with Crippen molar-refractivity contribution in [1.82, 2.24) is 4.90 Å². The predicted octanol–water partition coefficient (Wildman–Crippen LogP) is 1.97. The van der Waals surface area contributed by atoms with Crippen LogP contribution >= 0.6 is 0 Å². The highest BCUT2D eigenvalue weighted by molar-refractivity contribution is 5.82. The number of aliphatic carboxylic acids is 1. The van der Waals surface area contributed by atoms with Gasteiger partial charge in [0.05, 0.1) is 12.3 Å². The molecule has 1 N–H and O–H groups in total. The maximum absolute atomic E-state index is 13.2. The van der Waals surface area contributed by atoms with E-state index in [1.807, 2.05) is 0 Å². The highest BCUT2D eigenvalue weighted by atomic mass is 19.2. The van der Waals surface area contributed by atoms with Crippen LogP contribution in [0.15, 0.2) is 18.2 Å². The summed E-state index contributed by atoms with van der Waals surface area (Å²) in [5.41, 5.74) is 0.400. The summed E-state index contributed by atoms with van der Waals surface area (Å²) in [6.45, 7) is 0. The number of carbonyl (C=O) groups is 2. The normalized spacial score (nSPS) is 27.1. The van der Waals surface area contributed by atoms with Crippen LogP contribution in [0.1, 0.15) is 24.8 Å². The van der Waals surface area contributed by atoms with Crippen molar-refractivity contribution in [2.45, 2.75) is 37.8 Å². The molecule has 112 valence electrons. The number of fused-ring (bicyclic) bond motifs is 2. The van der Waals surface area contributed by atoms with Gasteiger partial charge in [-0.3, -0.25) is 9.59 Å². The average Bonchev–Trinajstić information content (AvgIpc) is 3.00. The molecule has 0 aliphatic carbocycles. The number of halogens is 2. The number of nitrogens with zero attached hydrogens (tertiary/aromatic N) is 1. The zero-order valence-electron chi connectivity index (χ0n) is 11.3. The molecule has 2 saturated heterocycles. The first-order valence-electron chi connectivity index (χ1n) is 6.95. The third-order valence-corrected chi connectivity index (χ3v) is 4.48. The van der Waals surface area contributed by atoms with Gasteiger partial charge in [0.25, 0.3) is 0 Å². The van der Waals surface area contributed by atoms with Crippen LogP contribution in [0, 0.1) is 17.6 Å². The Morgan fingerprint density at radius 2 is 2.00 bits per heavy atom. The smallest absolute Gasteiger partial charge is 0.308 e. The van der Waals surface area contributed by atoms with Crippen LogP contribution in [0.2, 0.25) is 0 Å². The van der Waals surface area contributed by atoms with E-state index in [4.69, 9.17) is 5.11 Å². The molecule has 4 nitrogen and oxygen atoms in total. The lowest BCUT2D eigenvalue weighted by molar-refractivity contribution is -0.143. The number of carboxylic acid groups (broad SMARTS) is 1. The number of hydrogen-bond acceptors (Lipinski definition) is 2. The largest absolute Gasteiger partial charge is 0.481 e. The van der Waals surface area contributed by atoms with Crippen LogP contribution in [-0.2, 0) is 16.0 Å². The molecule has 2 aliphatic rings. The second-order valence-corrected chi connectivity index (χ2v) is 5.71. The zero-order valence-corrected chi connectivity index (χ0v) is 11.3. The molecule has 0 radical (unpaired) electrons. The number of amides is 1. The molecule has 2 aliphatic heterocycles. The summed E-state index contributed by atoms with van der Waals surface area (Å²) in [4.78, 5) is 25.2. The maximum Gasteiger partial charge on any atom is 0.308 e. The van der Waals surface area contributed by atoms with Crippen LogP contribution < -0.4 is 0 Å². The minimum atomic E-state index is -0.979. The van der Waals surface area contributed by atoms with Crippen molar-refractivity contribution in [1.29, 1.82) is 0 Å². The van der Waals surface area contributed by atoms with Gasteiger partial charge in [-0.1, -0.05) is 6.07 Å². The Bertz CT molecular complexity index is 605. The fourth-order valence-electron chi connectivity index (χ4n) is 3.56. The van der Waals surface area contributed by atoms with Crippen LogP contribution in [0.5, 0.6) is 0 Å². The summed E-state index contributed by atoms with van der Waals surface area (Å²) in [7, 11) is 0. The van der Waals surface area contributed by atoms with E-state index in [9.17, 15) is 18.4 Å². The molecular weight excluding hydrogens is 280 g/mol. The van der Waals surface area contributed by atoms with E-state index in [0.717, 1.165) is 18.6 Å². The summed E-state index contributed by atoms with van der Waals surface area (Å²) in [5.74, 6) is -3.51. The van der Waals surface area contributed by atoms with Crippen LogP contribution in [-0.4, -0.2) is 34.0 Å². The average molecular weight is 295 g/mol. The number of hydrogen-bond donors (Lipinski definition) is 1. The van der Waals surface area contributed by atoms with Crippen molar-refractivity contribution in [3.05, 3.63) is 35.4 Å². The Morgan fingerprint density at radius 3 is 2.62 bits per heavy atom. The van der Waals surface area contributed by atoms with Crippen molar-refractivity contribution in [2.24, 2.45) is 5.92 Å². The van der Waals surface area contributed by atoms with Gasteiger partial charge in [0.15, 0.2) is 11.6 Å². The van der Waals surface area contributed by atoms with Crippen molar-refractivity contribution >= 4 is 11.9 Å². The molecule has 2 fully saturated rings. The topological polar surface area (TPSA) is 57.6 Å². The molecule has 3 atom stereocenters. The number of rotatable bonds is 3. The summed E-state index contributed by atoms with van der Waals surface area (Å²) in [6.07, 6.45) is 1.98. The van der Waals surface area contributed by atoms with Crippen LogP contribution in [0.3, 0.4) is 0 Å². The fraction of sp³-hybridized carbons (Fsp3) is 0.467. The third kappa shape index (κ3) is 2.39. The third-order valence-electron chi connectivity index (χ3n) is 4.48. The van der Waals surface area contributed by atoms with Gasteiger partial charge in [0.1, 0.15) is 0 Å². The van der Waals surface area contributed by atoms with Crippen molar-refractivity contribution in [3.63, 3.8) is 0 Å². The first-order chi connectivity index (χ1) is 9.97. The second kappa shape index (κ2) is 5.09. The molecule has 3 rings (SSSR count). The summed E-state index contributed by atoms with van der Waals surface area (Å²) >= 11 is 0. The van der Waals surface area contributed by atoms with E-state index in [-0.39, 0.29) is 24.4 Å². The van der Waals surface area contributed by atoms with Gasteiger partial charge in [0.2, 0.25) is 5.91 Å². The van der Waals surface area contributed by atoms with Gasteiger partial charge in [0, 0.05) is 12.1 Å². The fourth-order valence-corrected chi connectivity index (χ4v) is 3.56. The SMILES string of the molecule is O=C(O)C1CC2CCC1N2C(=O)Cc1ccc(F)c(F)c1. The zero-order chi connectivity index (χ0) is 15.1. The number of benzene rings is 1. The number of carboxylic acids is 1. The lowest BCUT2D eigenvalue weighted by Crippen LogP contribution is -2.38. The second-order valence-electron chi connectivity index (χ2n) is 5.71. The van der Waals surface area contributed by atoms with Gasteiger partial charge in [-0.05, 0) is 37.0 Å². The highest BCUT2D eigenvalue weighted by Gasteiger charge is 2.50. The molecule has 0 aromatic heterocycles. The van der Waals surface area contributed by atoms with Crippen molar-refractivity contribution in [3.8, 4) is 0 Å². The summed E-state index contributed by atoms with van der Waals surface area (Å²) in [5, 5.41) is 9.16. The Balaban J connectivity index is 1.74. The Labute approximate surface area is 120 Å². The Hall–Kier alpha value is -1.98. The molecule has 0 saturated carbocycles. The van der Waals surface area contributed by atoms with E-state index >= 15 is 0 Å². The first kappa shape index (κ1) is 14.0. The first-order valence-corrected chi connectivity index (χ1v) is 6.95. The van der Waals surface area contributed by atoms with E-state index in [1.54, 1.807) is 4.90 Å². The monoisotopic (exact) mass is 295 g/mol. The predicted molar refractivity (Wildman–Crippen MR) is 69.5 cm³/mol. The van der Waals surface area contributed by atoms with Crippen LogP contribution in [0.4, 0.5) is 8.78 Å². The molecule has 6 heteroatoms. The Morgan fingerprint density at radius 1 is 1.24 bits per heavy atom. The highest BCUT2D eigenvalue weighted by Crippen LogP contribution is 2.42. The Kier molecular flexibility index (Phi) is 3.39. The van der Waals surface area contributed by atoms with Crippen molar-refractivity contribution < 1.29 is 23.5 Å². The minimum Gasteiger partial charge on any atom is -0.481 e. The van der Waals surface area contributed by atoms with E-state index in [2.05, 4.69) is 0 Å². The standard InChI is InChI=1S/C15H15F2NO3/c16-11-3-1-8(5-12(11)17)6-14(19)18-9-2-4-13(18)10(7-9)15(20)21/h1,3,5,9-10,13H,2,4,6-7H2,(H,20,21). The molecule has 0 spiro atoms. The van der Waals surface area contributed by atoms with Gasteiger partial charge in [-0.25, -0.2) is 8.78 Å².